The Balaban J connectivity index is 1.85. The maximum Gasteiger partial charge on any atom is 0.321 e. The number of nitrogens with zero attached hydrogens (tertiary/aromatic N) is 2. The number of benzene rings is 1. The van der Waals surface area contributed by atoms with E-state index in [4.69, 9.17) is 5.26 Å². The van der Waals surface area contributed by atoms with Crippen molar-refractivity contribution in [2.45, 2.75) is 18.9 Å². The maximum absolute atomic E-state index is 12.1. The molecule has 1 heterocycles. The Hall–Kier alpha value is -2.11. The summed E-state index contributed by atoms with van der Waals surface area (Å²) in [5.74, 6) is 0. The van der Waals surface area contributed by atoms with Gasteiger partial charge in [-0.05, 0) is 37.1 Å². The number of nitrogens with one attached hydrogen (secondary N) is 2. The molecule has 2 N–H and O–H groups in total. The summed E-state index contributed by atoms with van der Waals surface area (Å²) in [6.07, 6.45) is 2.32. The molecule has 0 saturated carbocycles. The molecule has 118 valence electrons. The lowest BCUT2D eigenvalue weighted by atomic mass is 10.1. The van der Waals surface area contributed by atoms with E-state index in [0.29, 0.717) is 37.2 Å². The molecule has 0 unspecified atom stereocenters. The van der Waals surface area contributed by atoms with Gasteiger partial charge in [-0.25, -0.2) is 17.9 Å². The smallest absolute Gasteiger partial charge is 0.321 e. The van der Waals surface area contributed by atoms with Crippen LogP contribution in [0.3, 0.4) is 0 Å². The van der Waals surface area contributed by atoms with E-state index in [2.05, 4.69) is 10.0 Å². The molecule has 1 aliphatic heterocycles. The Bertz CT molecular complexity index is 671. The number of piperidine rings is 1. The molecular weight excluding hydrogens is 304 g/mol. The van der Waals surface area contributed by atoms with Gasteiger partial charge in [0.25, 0.3) is 0 Å². The summed E-state index contributed by atoms with van der Waals surface area (Å²) >= 11 is 0. The van der Waals surface area contributed by atoms with E-state index < -0.39 is 10.0 Å². The van der Waals surface area contributed by atoms with Crippen LogP contribution in [0.25, 0.3) is 0 Å². The number of carbonyl (C=O) groups is 1. The quantitative estimate of drug-likeness (QED) is 0.870. The standard InChI is InChI=1S/C14H18N4O3S/c1-22(20,21)17-13-6-8-18(9-7-13)14(19)16-12-4-2-11(10-15)3-5-12/h2-5,13,17H,6-9H2,1H3,(H,16,19). The highest BCUT2D eigenvalue weighted by Gasteiger charge is 2.24. The van der Waals surface area contributed by atoms with Crippen molar-refractivity contribution in [2.24, 2.45) is 0 Å². The third kappa shape index (κ3) is 4.72. The molecule has 0 aliphatic carbocycles. The largest absolute Gasteiger partial charge is 0.324 e. The number of rotatable bonds is 3. The van der Waals surface area contributed by atoms with Gasteiger partial charge in [0.05, 0.1) is 17.9 Å². The zero-order valence-corrected chi connectivity index (χ0v) is 13.1. The summed E-state index contributed by atoms with van der Waals surface area (Å²) < 4.78 is 24.9. The topological polar surface area (TPSA) is 102 Å². The van der Waals surface area contributed by atoms with Gasteiger partial charge in [-0.2, -0.15) is 5.26 Å². The van der Waals surface area contributed by atoms with Gasteiger partial charge in [-0.15, -0.1) is 0 Å². The first-order valence-electron chi connectivity index (χ1n) is 6.91. The molecule has 0 spiro atoms. The average Bonchev–Trinajstić information content (AvgIpc) is 2.47. The van der Waals surface area contributed by atoms with Crippen LogP contribution in [0.5, 0.6) is 0 Å². The number of amides is 2. The Labute approximate surface area is 130 Å². The fraction of sp³-hybridized carbons (Fsp3) is 0.429. The Morgan fingerprint density at radius 1 is 1.27 bits per heavy atom. The summed E-state index contributed by atoms with van der Waals surface area (Å²) in [4.78, 5) is 13.8. The van der Waals surface area contributed by atoms with Crippen molar-refractivity contribution in [1.82, 2.24) is 9.62 Å². The third-order valence-corrected chi connectivity index (χ3v) is 4.19. The molecule has 2 amide bonds. The molecule has 1 aliphatic rings. The number of carbonyl (C=O) groups excluding carboxylic acids is 1. The van der Waals surface area contributed by atoms with Gasteiger partial charge in [-0.3, -0.25) is 0 Å². The Kier molecular flexibility index (Phi) is 5.00. The van der Waals surface area contributed by atoms with Gasteiger partial charge in [0.1, 0.15) is 0 Å². The van der Waals surface area contributed by atoms with Crippen LogP contribution in [0.1, 0.15) is 18.4 Å². The van der Waals surface area contributed by atoms with Crippen molar-refractivity contribution < 1.29 is 13.2 Å². The van der Waals surface area contributed by atoms with Gasteiger partial charge < -0.3 is 10.2 Å². The molecule has 8 heteroatoms. The number of hydrogen-bond donors (Lipinski definition) is 2. The van der Waals surface area contributed by atoms with E-state index in [1.807, 2.05) is 6.07 Å². The third-order valence-electron chi connectivity index (χ3n) is 3.43. The SMILES string of the molecule is CS(=O)(=O)NC1CCN(C(=O)Nc2ccc(C#N)cc2)CC1. The summed E-state index contributed by atoms with van der Waals surface area (Å²) in [6.45, 7) is 0.991. The van der Waals surface area contributed by atoms with Crippen LogP contribution in [0.2, 0.25) is 0 Å². The summed E-state index contributed by atoms with van der Waals surface area (Å²) in [5.41, 5.74) is 1.16. The van der Waals surface area contributed by atoms with Crippen molar-refractivity contribution >= 4 is 21.7 Å². The number of urea groups is 1. The highest BCUT2D eigenvalue weighted by atomic mass is 32.2. The van der Waals surface area contributed by atoms with Crippen LogP contribution in [0, 0.1) is 11.3 Å². The molecule has 22 heavy (non-hydrogen) atoms. The monoisotopic (exact) mass is 322 g/mol. The fourth-order valence-electron chi connectivity index (χ4n) is 2.33. The van der Waals surface area contributed by atoms with Gasteiger partial charge in [0, 0.05) is 24.8 Å². The molecule has 1 fully saturated rings. The number of anilines is 1. The van der Waals surface area contributed by atoms with Crippen molar-refractivity contribution in [3.05, 3.63) is 29.8 Å². The highest BCUT2D eigenvalue weighted by Crippen LogP contribution is 2.14. The molecule has 0 aromatic heterocycles. The van der Waals surface area contributed by atoms with E-state index in [1.54, 1.807) is 29.2 Å². The minimum absolute atomic E-state index is 0.117. The second-order valence-corrected chi connectivity index (χ2v) is 7.05. The van der Waals surface area contributed by atoms with Gasteiger partial charge >= 0.3 is 6.03 Å². The van der Waals surface area contributed by atoms with E-state index in [0.717, 1.165) is 6.26 Å². The first kappa shape index (κ1) is 16.3. The van der Waals surface area contributed by atoms with Gasteiger partial charge in [-0.1, -0.05) is 0 Å². The zero-order valence-electron chi connectivity index (χ0n) is 12.2. The highest BCUT2D eigenvalue weighted by molar-refractivity contribution is 7.88. The lowest BCUT2D eigenvalue weighted by Gasteiger charge is -2.32. The summed E-state index contributed by atoms with van der Waals surface area (Å²) in [6, 6.07) is 8.30. The van der Waals surface area contributed by atoms with Crippen LogP contribution in [-0.4, -0.2) is 44.7 Å². The molecule has 1 saturated heterocycles. The number of nitriles is 1. The van der Waals surface area contributed by atoms with Gasteiger partial charge in [0.2, 0.25) is 10.0 Å². The van der Waals surface area contributed by atoms with Crippen LogP contribution in [-0.2, 0) is 10.0 Å². The number of likely N-dealkylation sites (tertiary alicyclic amines) is 1. The predicted molar refractivity (Wildman–Crippen MR) is 82.8 cm³/mol. The Morgan fingerprint density at radius 2 is 1.86 bits per heavy atom. The number of hydrogen-bond acceptors (Lipinski definition) is 4. The molecule has 7 nitrogen and oxygen atoms in total. The first-order chi connectivity index (χ1) is 10.4. The van der Waals surface area contributed by atoms with Crippen molar-refractivity contribution in [3.8, 4) is 6.07 Å². The minimum atomic E-state index is -3.21. The first-order valence-corrected chi connectivity index (χ1v) is 8.80. The minimum Gasteiger partial charge on any atom is -0.324 e. The van der Waals surface area contributed by atoms with Crippen LogP contribution < -0.4 is 10.0 Å². The van der Waals surface area contributed by atoms with E-state index >= 15 is 0 Å². The maximum atomic E-state index is 12.1. The van der Waals surface area contributed by atoms with E-state index in [1.165, 1.54) is 0 Å². The van der Waals surface area contributed by atoms with E-state index in [-0.39, 0.29) is 12.1 Å². The van der Waals surface area contributed by atoms with Crippen LogP contribution >= 0.6 is 0 Å². The average molecular weight is 322 g/mol. The molecular formula is C14H18N4O3S. The molecule has 1 aromatic rings. The van der Waals surface area contributed by atoms with Crippen molar-refractivity contribution in [1.29, 1.82) is 5.26 Å². The second kappa shape index (κ2) is 6.77. The van der Waals surface area contributed by atoms with Gasteiger partial charge in [0.15, 0.2) is 0 Å². The predicted octanol–water partition coefficient (Wildman–Crippen LogP) is 1.10. The normalized spacial score (nSPS) is 16.1. The van der Waals surface area contributed by atoms with Crippen LogP contribution in [0.15, 0.2) is 24.3 Å². The summed E-state index contributed by atoms with van der Waals surface area (Å²) in [5, 5.41) is 11.5. The molecule has 0 bridgehead atoms. The fourth-order valence-corrected chi connectivity index (χ4v) is 3.18. The number of sulfonamides is 1. The van der Waals surface area contributed by atoms with Crippen molar-refractivity contribution in [3.63, 3.8) is 0 Å². The summed E-state index contributed by atoms with van der Waals surface area (Å²) in [7, 11) is -3.21. The lowest BCUT2D eigenvalue weighted by Crippen LogP contribution is -2.47. The zero-order chi connectivity index (χ0) is 16.2. The molecule has 0 radical (unpaired) electrons. The Morgan fingerprint density at radius 3 is 2.36 bits per heavy atom. The van der Waals surface area contributed by atoms with E-state index in [9.17, 15) is 13.2 Å². The van der Waals surface area contributed by atoms with Crippen LogP contribution in [0.4, 0.5) is 10.5 Å². The molecule has 2 rings (SSSR count). The molecule has 0 atom stereocenters. The second-order valence-electron chi connectivity index (χ2n) is 5.27. The lowest BCUT2D eigenvalue weighted by molar-refractivity contribution is 0.193. The molecule has 1 aromatic carbocycles. The van der Waals surface area contributed by atoms with Crippen molar-refractivity contribution in [2.75, 3.05) is 24.7 Å².